The van der Waals surface area contributed by atoms with Gasteiger partial charge in [0.1, 0.15) is 11.5 Å². The van der Waals surface area contributed by atoms with Crippen molar-refractivity contribution >= 4 is 63.9 Å². The van der Waals surface area contributed by atoms with Gasteiger partial charge in [-0.25, -0.2) is 0 Å². The molecule has 3 heterocycles. The molecule has 4 aromatic carbocycles. The first-order valence-electron chi connectivity index (χ1n) is 13.2. The third-order valence-electron chi connectivity index (χ3n) is 8.33. The van der Waals surface area contributed by atoms with Crippen molar-refractivity contribution in [1.29, 1.82) is 0 Å². The molecule has 0 radical (unpaired) electrons. The summed E-state index contributed by atoms with van der Waals surface area (Å²) in [6.07, 6.45) is 3.91. The Morgan fingerprint density at radius 2 is 1.49 bits per heavy atom. The number of anilines is 3. The molecule has 3 aliphatic rings. The molecule has 3 aliphatic heterocycles. The quantitative estimate of drug-likeness (QED) is 0.267. The van der Waals surface area contributed by atoms with E-state index in [-0.39, 0.29) is 11.7 Å². The molecular formula is C33H23Cl2N3O3. The van der Waals surface area contributed by atoms with Gasteiger partial charge in [-0.1, -0.05) is 71.8 Å². The predicted molar refractivity (Wildman–Crippen MR) is 162 cm³/mol. The molecular weight excluding hydrogens is 557 g/mol. The van der Waals surface area contributed by atoms with Crippen LogP contribution < -0.4 is 15.5 Å². The summed E-state index contributed by atoms with van der Waals surface area (Å²) >= 11 is 12.2. The molecule has 0 bridgehead atoms. The fraction of sp³-hybridized carbons (Fsp3) is 0.121. The summed E-state index contributed by atoms with van der Waals surface area (Å²) in [4.78, 5) is 45.3. The zero-order valence-electron chi connectivity index (χ0n) is 21.6. The molecule has 2 N–H and O–H groups in total. The largest absolute Gasteiger partial charge is 0.350 e. The number of hydrogen-bond donors (Lipinski definition) is 2. The summed E-state index contributed by atoms with van der Waals surface area (Å²) in [5.41, 5.74) is 2.53. The van der Waals surface area contributed by atoms with Gasteiger partial charge in [0.05, 0.1) is 12.0 Å². The van der Waals surface area contributed by atoms with E-state index in [9.17, 15) is 14.4 Å². The number of nitrogens with zero attached hydrogens (tertiary/aromatic N) is 1. The molecule has 2 amide bonds. The van der Waals surface area contributed by atoms with Crippen molar-refractivity contribution in [3.63, 3.8) is 0 Å². The van der Waals surface area contributed by atoms with Gasteiger partial charge in [-0.05, 0) is 71.8 Å². The van der Waals surface area contributed by atoms with Crippen LogP contribution in [0.5, 0.6) is 0 Å². The van der Waals surface area contributed by atoms with Crippen LogP contribution in [0.2, 0.25) is 10.0 Å². The maximum atomic E-state index is 14.7. The molecule has 4 aromatic rings. The summed E-state index contributed by atoms with van der Waals surface area (Å²) in [5.74, 6) is -2.10. The molecule has 0 aromatic heterocycles. The predicted octanol–water partition coefficient (Wildman–Crippen LogP) is 6.61. The molecule has 0 aliphatic carbocycles. The van der Waals surface area contributed by atoms with Gasteiger partial charge in [0.15, 0.2) is 5.78 Å². The zero-order chi connectivity index (χ0) is 28.3. The number of carbonyl (C=O) groups excluding carboxylic acids is 3. The van der Waals surface area contributed by atoms with Crippen LogP contribution in [0.25, 0.3) is 6.08 Å². The van der Waals surface area contributed by atoms with Gasteiger partial charge in [-0.2, -0.15) is 0 Å². The number of benzene rings is 4. The summed E-state index contributed by atoms with van der Waals surface area (Å²) in [6.45, 7) is 0. The first-order valence-corrected chi connectivity index (χ1v) is 14.0. The molecule has 202 valence electrons. The van der Waals surface area contributed by atoms with Crippen molar-refractivity contribution in [2.45, 2.75) is 17.5 Å². The van der Waals surface area contributed by atoms with E-state index in [0.717, 1.165) is 11.3 Å². The topological polar surface area (TPSA) is 78.5 Å². The Morgan fingerprint density at radius 3 is 2.24 bits per heavy atom. The lowest BCUT2D eigenvalue weighted by Crippen LogP contribution is -2.51. The van der Waals surface area contributed by atoms with E-state index in [0.29, 0.717) is 32.5 Å². The SMILES string of the molecule is O=C(c1ccc(Cl)cc1)[C@@H]1[C@H](C(=O)Nc2ccc(Cl)cc2)N2c3ccccc3C=C[C@H]2[C@@]12C(=O)Nc1ccccc12. The Labute approximate surface area is 246 Å². The molecule has 0 unspecified atom stereocenters. The van der Waals surface area contributed by atoms with E-state index in [4.69, 9.17) is 23.2 Å². The molecule has 8 heteroatoms. The van der Waals surface area contributed by atoms with Crippen molar-refractivity contribution < 1.29 is 14.4 Å². The zero-order valence-corrected chi connectivity index (χ0v) is 23.1. The van der Waals surface area contributed by atoms with Crippen molar-refractivity contribution in [2.24, 2.45) is 5.92 Å². The molecule has 7 rings (SSSR count). The number of para-hydroxylation sites is 2. The number of Topliss-reactive ketones (excluding diaryl/α,β-unsaturated/α-hetero) is 1. The van der Waals surface area contributed by atoms with Crippen molar-refractivity contribution in [1.82, 2.24) is 0 Å². The molecule has 1 saturated heterocycles. The number of amides is 2. The normalized spacial score (nSPS) is 23.5. The first-order chi connectivity index (χ1) is 19.9. The van der Waals surface area contributed by atoms with Crippen LogP contribution in [0.3, 0.4) is 0 Å². The fourth-order valence-corrected chi connectivity index (χ4v) is 6.91. The highest BCUT2D eigenvalue weighted by Gasteiger charge is 2.70. The lowest BCUT2D eigenvalue weighted by atomic mass is 9.64. The summed E-state index contributed by atoms with van der Waals surface area (Å²) in [6, 6.07) is 26.8. The van der Waals surface area contributed by atoms with E-state index in [1.807, 2.05) is 65.6 Å². The van der Waals surface area contributed by atoms with E-state index in [2.05, 4.69) is 10.6 Å². The molecule has 1 fully saturated rings. The molecule has 1 spiro atoms. The van der Waals surface area contributed by atoms with Crippen molar-refractivity contribution in [2.75, 3.05) is 15.5 Å². The van der Waals surface area contributed by atoms with Crippen molar-refractivity contribution in [3.05, 3.63) is 130 Å². The van der Waals surface area contributed by atoms with Gasteiger partial charge in [0.25, 0.3) is 0 Å². The molecule has 0 saturated carbocycles. The number of hydrogen-bond acceptors (Lipinski definition) is 4. The molecule has 6 nitrogen and oxygen atoms in total. The average Bonchev–Trinajstić information content (AvgIpc) is 3.47. The van der Waals surface area contributed by atoms with Crippen LogP contribution >= 0.6 is 23.2 Å². The summed E-state index contributed by atoms with van der Waals surface area (Å²) in [7, 11) is 0. The highest BCUT2D eigenvalue weighted by atomic mass is 35.5. The third-order valence-corrected chi connectivity index (χ3v) is 8.84. The van der Waals surface area contributed by atoms with E-state index < -0.39 is 29.3 Å². The Balaban J connectivity index is 1.48. The van der Waals surface area contributed by atoms with E-state index >= 15 is 0 Å². The first kappa shape index (κ1) is 25.6. The van der Waals surface area contributed by atoms with Crippen LogP contribution in [0.4, 0.5) is 17.1 Å². The van der Waals surface area contributed by atoms with Crippen LogP contribution in [0.1, 0.15) is 21.5 Å². The standard InChI is InChI=1S/C33H23Cl2N3O3/c34-21-12-9-20(10-13-21)30(39)28-29(31(40)36-23-16-14-22(35)15-17-23)38-26-8-4-1-5-19(26)11-18-27(38)33(28)24-6-2-3-7-25(24)37-32(33)41/h1-18,27-29H,(H,36,40)(H,37,41)/t27-,28-,29+,33+/m0/s1. The number of nitrogens with one attached hydrogen (secondary N) is 2. The Bertz CT molecular complexity index is 1750. The Kier molecular flexibility index (Phi) is 6.00. The second-order valence-corrected chi connectivity index (χ2v) is 11.3. The summed E-state index contributed by atoms with van der Waals surface area (Å²) < 4.78 is 0. The van der Waals surface area contributed by atoms with Gasteiger partial charge < -0.3 is 15.5 Å². The number of rotatable bonds is 4. The van der Waals surface area contributed by atoms with E-state index in [1.165, 1.54) is 0 Å². The van der Waals surface area contributed by atoms with Gasteiger partial charge in [-0.3, -0.25) is 14.4 Å². The van der Waals surface area contributed by atoms with Crippen LogP contribution in [-0.2, 0) is 15.0 Å². The number of carbonyl (C=O) groups is 3. The average molecular weight is 580 g/mol. The maximum Gasteiger partial charge on any atom is 0.247 e. The van der Waals surface area contributed by atoms with E-state index in [1.54, 1.807) is 48.5 Å². The second-order valence-electron chi connectivity index (χ2n) is 10.4. The smallest absolute Gasteiger partial charge is 0.247 e. The monoisotopic (exact) mass is 579 g/mol. The number of halogens is 2. The third kappa shape index (κ3) is 3.82. The number of fused-ring (bicyclic) bond motifs is 6. The lowest BCUT2D eigenvalue weighted by molar-refractivity contribution is -0.122. The summed E-state index contributed by atoms with van der Waals surface area (Å²) in [5, 5.41) is 7.05. The second kappa shape index (κ2) is 9.61. The van der Waals surface area contributed by atoms with Crippen LogP contribution in [-0.4, -0.2) is 29.7 Å². The molecule has 4 atom stereocenters. The lowest BCUT2D eigenvalue weighted by Gasteiger charge is -2.37. The minimum atomic E-state index is -1.38. The van der Waals surface area contributed by atoms with Gasteiger partial charge >= 0.3 is 0 Å². The maximum absolute atomic E-state index is 14.7. The highest BCUT2D eigenvalue weighted by molar-refractivity contribution is 6.31. The Morgan fingerprint density at radius 1 is 0.829 bits per heavy atom. The van der Waals surface area contributed by atoms with Crippen LogP contribution in [0, 0.1) is 5.92 Å². The minimum absolute atomic E-state index is 0.313. The van der Waals surface area contributed by atoms with Crippen molar-refractivity contribution in [3.8, 4) is 0 Å². The number of ketones is 1. The highest BCUT2D eigenvalue weighted by Crippen LogP contribution is 2.57. The minimum Gasteiger partial charge on any atom is -0.350 e. The van der Waals surface area contributed by atoms with Gasteiger partial charge in [0, 0.05) is 32.7 Å². The van der Waals surface area contributed by atoms with Gasteiger partial charge in [0.2, 0.25) is 11.8 Å². The fourth-order valence-electron chi connectivity index (χ4n) is 6.66. The van der Waals surface area contributed by atoms with Gasteiger partial charge in [-0.15, -0.1) is 0 Å². The Hall–Kier alpha value is -4.39. The molecule has 41 heavy (non-hydrogen) atoms. The van der Waals surface area contributed by atoms with Crippen LogP contribution in [0.15, 0.2) is 103 Å².